The number of rotatable bonds is 4. The second-order valence-electron chi connectivity index (χ2n) is 9.83. The molecule has 4 heteroatoms. The van der Waals surface area contributed by atoms with Crippen molar-refractivity contribution in [2.45, 2.75) is 0 Å². The molecule has 0 fully saturated rings. The summed E-state index contributed by atoms with van der Waals surface area (Å²) in [4.78, 5) is 10.1. The van der Waals surface area contributed by atoms with E-state index in [2.05, 4.69) is 60.7 Å². The van der Waals surface area contributed by atoms with E-state index in [9.17, 15) is 0 Å². The lowest BCUT2D eigenvalue weighted by molar-refractivity contribution is 0.628. The first-order valence-electron chi connectivity index (χ1n) is 13.2. The molecular formula is C36H22N2O2. The van der Waals surface area contributed by atoms with E-state index in [-0.39, 0.29) is 0 Å². The molecule has 40 heavy (non-hydrogen) atoms. The number of hydrogen-bond acceptors (Lipinski definition) is 4. The summed E-state index contributed by atoms with van der Waals surface area (Å²) in [6.07, 6.45) is 0. The highest BCUT2D eigenvalue weighted by Crippen LogP contribution is 2.37. The van der Waals surface area contributed by atoms with Gasteiger partial charge in [-0.3, -0.25) is 0 Å². The third kappa shape index (κ3) is 3.77. The first-order chi connectivity index (χ1) is 19.8. The Kier molecular flexibility index (Phi) is 5.10. The van der Waals surface area contributed by atoms with E-state index in [0.29, 0.717) is 11.6 Å². The fraction of sp³-hybridized carbons (Fsp3) is 0. The van der Waals surface area contributed by atoms with Crippen molar-refractivity contribution in [2.75, 3.05) is 0 Å². The van der Waals surface area contributed by atoms with Crippen LogP contribution in [-0.4, -0.2) is 9.97 Å². The Morgan fingerprint density at radius 3 is 2.00 bits per heavy atom. The second-order valence-corrected chi connectivity index (χ2v) is 9.83. The molecule has 0 aliphatic heterocycles. The van der Waals surface area contributed by atoms with Crippen LogP contribution in [0.15, 0.2) is 142 Å². The van der Waals surface area contributed by atoms with Gasteiger partial charge in [0.1, 0.15) is 22.4 Å². The lowest BCUT2D eigenvalue weighted by atomic mass is 9.97. The fourth-order valence-electron chi connectivity index (χ4n) is 5.39. The standard InChI is InChI=1S/C36H22N2O2/c1-2-10-23(11-3-1)26-13-5-6-14-27(26)30-22-31(35-20-24-12-4-8-16-32(24)39-35)38-36(37-30)25-18-19-29-28-15-7-9-17-33(28)40-34(29)21-25/h1-22H. The third-order valence-electron chi connectivity index (χ3n) is 7.33. The van der Waals surface area contributed by atoms with Crippen molar-refractivity contribution in [1.29, 1.82) is 0 Å². The molecule has 0 bridgehead atoms. The van der Waals surface area contributed by atoms with Gasteiger partial charge in [0.25, 0.3) is 0 Å². The number of fused-ring (bicyclic) bond motifs is 4. The largest absolute Gasteiger partial charge is 0.456 e. The molecule has 3 heterocycles. The molecule has 5 aromatic carbocycles. The summed E-state index contributed by atoms with van der Waals surface area (Å²) in [5, 5.41) is 3.20. The van der Waals surface area contributed by atoms with Crippen molar-refractivity contribution in [1.82, 2.24) is 9.97 Å². The van der Waals surface area contributed by atoms with Crippen LogP contribution in [0.3, 0.4) is 0 Å². The number of hydrogen-bond donors (Lipinski definition) is 0. The Hall–Kier alpha value is -5.48. The van der Waals surface area contributed by atoms with Crippen molar-refractivity contribution < 1.29 is 8.83 Å². The van der Waals surface area contributed by atoms with E-state index in [0.717, 1.165) is 66.5 Å². The first kappa shape index (κ1) is 22.5. The van der Waals surface area contributed by atoms with E-state index in [4.69, 9.17) is 18.8 Å². The number of benzene rings is 5. The Morgan fingerprint density at radius 1 is 0.425 bits per heavy atom. The average Bonchev–Trinajstić information content (AvgIpc) is 3.63. The molecule has 0 amide bonds. The summed E-state index contributed by atoms with van der Waals surface area (Å²) in [7, 11) is 0. The summed E-state index contributed by atoms with van der Waals surface area (Å²) >= 11 is 0. The molecule has 4 nitrogen and oxygen atoms in total. The van der Waals surface area contributed by atoms with Crippen molar-refractivity contribution >= 4 is 32.9 Å². The van der Waals surface area contributed by atoms with E-state index in [1.165, 1.54) is 0 Å². The second kappa shape index (κ2) is 9.07. The maximum atomic E-state index is 6.25. The Labute approximate surface area is 230 Å². The van der Waals surface area contributed by atoms with E-state index in [1.807, 2.05) is 72.8 Å². The van der Waals surface area contributed by atoms with Gasteiger partial charge in [0.2, 0.25) is 0 Å². The first-order valence-corrected chi connectivity index (χ1v) is 13.2. The van der Waals surface area contributed by atoms with E-state index >= 15 is 0 Å². The molecule has 0 spiro atoms. The predicted molar refractivity (Wildman–Crippen MR) is 161 cm³/mol. The highest BCUT2D eigenvalue weighted by molar-refractivity contribution is 6.05. The topological polar surface area (TPSA) is 52.1 Å². The molecule has 8 rings (SSSR count). The van der Waals surface area contributed by atoms with Gasteiger partial charge in [-0.15, -0.1) is 0 Å². The van der Waals surface area contributed by atoms with Crippen LogP contribution in [0.5, 0.6) is 0 Å². The van der Waals surface area contributed by atoms with Crippen LogP contribution in [-0.2, 0) is 0 Å². The predicted octanol–water partition coefficient (Wildman–Crippen LogP) is 9.79. The van der Waals surface area contributed by atoms with Crippen LogP contribution >= 0.6 is 0 Å². The summed E-state index contributed by atoms with van der Waals surface area (Å²) < 4.78 is 12.4. The Balaban J connectivity index is 1.36. The minimum Gasteiger partial charge on any atom is -0.456 e. The lowest BCUT2D eigenvalue weighted by Gasteiger charge is -2.12. The van der Waals surface area contributed by atoms with Gasteiger partial charge in [-0.2, -0.15) is 0 Å². The van der Waals surface area contributed by atoms with Crippen molar-refractivity contribution in [3.8, 4) is 45.2 Å². The normalized spacial score (nSPS) is 11.5. The SMILES string of the molecule is c1ccc(-c2ccccc2-c2cc(-c3cc4ccccc4o3)nc(-c3ccc4c(c3)oc3ccccc34)n2)cc1. The van der Waals surface area contributed by atoms with Gasteiger partial charge in [-0.05, 0) is 47.5 Å². The zero-order valence-electron chi connectivity index (χ0n) is 21.4. The smallest absolute Gasteiger partial charge is 0.160 e. The molecule has 0 atom stereocenters. The van der Waals surface area contributed by atoms with Crippen molar-refractivity contribution in [3.63, 3.8) is 0 Å². The molecule has 8 aromatic rings. The molecule has 0 unspecified atom stereocenters. The highest BCUT2D eigenvalue weighted by atomic mass is 16.3. The average molecular weight is 515 g/mol. The van der Waals surface area contributed by atoms with Crippen LogP contribution < -0.4 is 0 Å². The summed E-state index contributed by atoms with van der Waals surface area (Å²) in [5.74, 6) is 1.31. The van der Waals surface area contributed by atoms with Gasteiger partial charge < -0.3 is 8.83 Å². The van der Waals surface area contributed by atoms with Gasteiger partial charge in [0.15, 0.2) is 11.6 Å². The van der Waals surface area contributed by atoms with Crippen LogP contribution in [0.4, 0.5) is 0 Å². The van der Waals surface area contributed by atoms with Crippen molar-refractivity contribution in [2.24, 2.45) is 0 Å². The monoisotopic (exact) mass is 514 g/mol. The zero-order valence-corrected chi connectivity index (χ0v) is 21.4. The minimum absolute atomic E-state index is 0.609. The van der Waals surface area contributed by atoms with E-state index < -0.39 is 0 Å². The molecule has 188 valence electrons. The van der Waals surface area contributed by atoms with Gasteiger partial charge >= 0.3 is 0 Å². The minimum atomic E-state index is 0.609. The molecule has 3 aromatic heterocycles. The van der Waals surface area contributed by atoms with Crippen LogP contribution in [0, 0.1) is 0 Å². The Bertz CT molecular complexity index is 2140. The summed E-state index contributed by atoms with van der Waals surface area (Å²) in [5.41, 5.74) is 8.19. The zero-order chi connectivity index (χ0) is 26.5. The van der Waals surface area contributed by atoms with E-state index in [1.54, 1.807) is 0 Å². The number of aromatic nitrogens is 2. The molecule has 0 aliphatic rings. The third-order valence-corrected chi connectivity index (χ3v) is 7.33. The summed E-state index contributed by atoms with van der Waals surface area (Å²) in [6.45, 7) is 0. The van der Waals surface area contributed by atoms with Gasteiger partial charge in [0, 0.05) is 27.3 Å². The Morgan fingerprint density at radius 2 is 1.12 bits per heavy atom. The lowest BCUT2D eigenvalue weighted by Crippen LogP contribution is -1.96. The fourth-order valence-corrected chi connectivity index (χ4v) is 5.39. The highest BCUT2D eigenvalue weighted by Gasteiger charge is 2.17. The molecule has 0 saturated heterocycles. The molecule has 0 N–H and O–H groups in total. The van der Waals surface area contributed by atoms with Crippen molar-refractivity contribution in [3.05, 3.63) is 133 Å². The van der Waals surface area contributed by atoms with Crippen LogP contribution in [0.2, 0.25) is 0 Å². The maximum Gasteiger partial charge on any atom is 0.160 e. The molecule has 0 saturated carbocycles. The number of para-hydroxylation sites is 2. The van der Waals surface area contributed by atoms with Gasteiger partial charge in [-0.25, -0.2) is 9.97 Å². The molecule has 0 radical (unpaired) electrons. The number of nitrogens with zero attached hydrogens (tertiary/aromatic N) is 2. The quantitative estimate of drug-likeness (QED) is 0.234. The van der Waals surface area contributed by atoms with Crippen LogP contribution in [0.25, 0.3) is 78.1 Å². The summed E-state index contributed by atoms with van der Waals surface area (Å²) in [6, 6.07) is 45.1. The molecular weight excluding hydrogens is 492 g/mol. The number of furan rings is 2. The van der Waals surface area contributed by atoms with Crippen LogP contribution in [0.1, 0.15) is 0 Å². The van der Waals surface area contributed by atoms with Gasteiger partial charge in [0.05, 0.1) is 5.69 Å². The van der Waals surface area contributed by atoms with Gasteiger partial charge in [-0.1, -0.05) is 97.1 Å². The molecule has 0 aliphatic carbocycles. The maximum absolute atomic E-state index is 6.25.